The smallest absolute Gasteiger partial charge is 0.170 e. The molecule has 68 valence electrons. The Bertz CT molecular complexity index is 394. The van der Waals surface area contributed by atoms with Crippen molar-refractivity contribution in [3.05, 3.63) is 29.3 Å². The minimum absolute atomic E-state index is 0.108. The summed E-state index contributed by atoms with van der Waals surface area (Å²) in [5.41, 5.74) is 2.88. The summed E-state index contributed by atoms with van der Waals surface area (Å²) >= 11 is 0. The number of hydrogen-bond donors (Lipinski definition) is 0. The SMILES string of the molecule is Cc1cccc2c1[N+](C)(C)N=C2[O-]. The molecule has 2 rings (SSSR count). The van der Waals surface area contributed by atoms with Crippen molar-refractivity contribution in [1.29, 1.82) is 0 Å². The first-order valence-corrected chi connectivity index (χ1v) is 4.24. The van der Waals surface area contributed by atoms with E-state index in [1.807, 2.05) is 39.2 Å². The van der Waals surface area contributed by atoms with Crippen molar-refractivity contribution in [2.45, 2.75) is 6.92 Å². The van der Waals surface area contributed by atoms with Crippen LogP contribution in [0.3, 0.4) is 0 Å². The van der Waals surface area contributed by atoms with Crippen LogP contribution in [0.2, 0.25) is 0 Å². The van der Waals surface area contributed by atoms with Crippen LogP contribution >= 0.6 is 0 Å². The zero-order valence-corrected chi connectivity index (χ0v) is 8.03. The second kappa shape index (κ2) is 2.33. The lowest BCUT2D eigenvalue weighted by Gasteiger charge is -2.19. The molecule has 1 aliphatic rings. The zero-order chi connectivity index (χ0) is 9.64. The van der Waals surface area contributed by atoms with Gasteiger partial charge in [0.2, 0.25) is 0 Å². The predicted molar refractivity (Wildman–Crippen MR) is 51.4 cm³/mol. The molecule has 0 radical (unpaired) electrons. The number of benzene rings is 1. The summed E-state index contributed by atoms with van der Waals surface area (Å²) in [5, 5.41) is 15.5. The monoisotopic (exact) mass is 176 g/mol. The van der Waals surface area contributed by atoms with E-state index in [9.17, 15) is 5.11 Å². The van der Waals surface area contributed by atoms with Crippen LogP contribution in [0.5, 0.6) is 0 Å². The van der Waals surface area contributed by atoms with Gasteiger partial charge in [0, 0.05) is 5.56 Å². The summed E-state index contributed by atoms with van der Waals surface area (Å²) in [5.74, 6) is -0.108. The molecule has 1 aromatic carbocycles. The van der Waals surface area contributed by atoms with E-state index in [1.165, 1.54) is 0 Å². The molecule has 0 saturated heterocycles. The van der Waals surface area contributed by atoms with E-state index < -0.39 is 0 Å². The van der Waals surface area contributed by atoms with Gasteiger partial charge < -0.3 is 5.11 Å². The summed E-state index contributed by atoms with van der Waals surface area (Å²) in [6.45, 7) is 2.01. The molecule has 0 saturated carbocycles. The van der Waals surface area contributed by atoms with Crippen LogP contribution in [-0.4, -0.2) is 20.0 Å². The van der Waals surface area contributed by atoms with E-state index in [0.717, 1.165) is 16.8 Å². The van der Waals surface area contributed by atoms with Gasteiger partial charge in [-0.2, -0.15) is 4.59 Å². The van der Waals surface area contributed by atoms with Crippen molar-refractivity contribution in [2.75, 3.05) is 14.1 Å². The topological polar surface area (TPSA) is 35.4 Å². The molecule has 3 nitrogen and oxygen atoms in total. The third-order valence-corrected chi connectivity index (χ3v) is 2.36. The Balaban J connectivity index is 2.74. The normalized spacial score (nSPS) is 18.2. The van der Waals surface area contributed by atoms with Crippen LogP contribution in [0.4, 0.5) is 5.69 Å². The van der Waals surface area contributed by atoms with E-state index >= 15 is 0 Å². The van der Waals surface area contributed by atoms with E-state index in [1.54, 1.807) is 0 Å². The second-order valence-electron chi connectivity index (χ2n) is 3.77. The number of fused-ring (bicyclic) bond motifs is 1. The third-order valence-electron chi connectivity index (χ3n) is 2.36. The van der Waals surface area contributed by atoms with Gasteiger partial charge in [-0.3, -0.25) is 0 Å². The highest BCUT2D eigenvalue weighted by Gasteiger charge is 2.30. The van der Waals surface area contributed by atoms with Crippen molar-refractivity contribution in [2.24, 2.45) is 5.10 Å². The quantitative estimate of drug-likeness (QED) is 0.533. The van der Waals surface area contributed by atoms with Gasteiger partial charge in [0.15, 0.2) is 5.69 Å². The third kappa shape index (κ3) is 1.04. The number of hydrogen-bond acceptors (Lipinski definition) is 2. The molecule has 1 aliphatic heterocycles. The summed E-state index contributed by atoms with van der Waals surface area (Å²) in [6.07, 6.45) is 0. The molecular formula is C10H12N2O. The first kappa shape index (κ1) is 8.26. The lowest BCUT2D eigenvalue weighted by atomic mass is 10.1. The van der Waals surface area contributed by atoms with Gasteiger partial charge in [0.25, 0.3) is 0 Å². The molecule has 0 spiro atoms. The standard InChI is InChI=1S/C10H12N2O/c1-7-5-4-6-8-9(7)12(2,3)11-10(8)13/h4-6H,1-3H3. The summed E-state index contributed by atoms with van der Waals surface area (Å²) in [6, 6.07) is 5.74. The van der Waals surface area contributed by atoms with Crippen molar-refractivity contribution in [3.63, 3.8) is 0 Å². The van der Waals surface area contributed by atoms with E-state index in [0.29, 0.717) is 4.59 Å². The maximum Gasteiger partial charge on any atom is 0.170 e. The molecule has 0 N–H and O–H groups in total. The van der Waals surface area contributed by atoms with E-state index in [2.05, 4.69) is 5.10 Å². The van der Waals surface area contributed by atoms with Gasteiger partial charge in [-0.05, 0) is 13.0 Å². The van der Waals surface area contributed by atoms with Crippen LogP contribution in [0, 0.1) is 6.92 Å². The molecule has 1 aromatic rings. The van der Waals surface area contributed by atoms with E-state index in [4.69, 9.17) is 0 Å². The summed E-state index contributed by atoms with van der Waals surface area (Å²) in [7, 11) is 3.83. The Labute approximate surface area is 77.5 Å². The Morgan fingerprint density at radius 3 is 2.62 bits per heavy atom. The molecular weight excluding hydrogens is 164 g/mol. The maximum atomic E-state index is 11.5. The number of nitrogens with zero attached hydrogens (tertiary/aromatic N) is 2. The fourth-order valence-electron chi connectivity index (χ4n) is 1.89. The molecule has 0 fully saturated rings. The van der Waals surface area contributed by atoms with Gasteiger partial charge in [0.1, 0.15) is 0 Å². The molecule has 13 heavy (non-hydrogen) atoms. The maximum absolute atomic E-state index is 11.5. The van der Waals surface area contributed by atoms with Gasteiger partial charge in [0.05, 0.1) is 25.6 Å². The Kier molecular flexibility index (Phi) is 1.48. The number of aryl methyl sites for hydroxylation is 1. The zero-order valence-electron chi connectivity index (χ0n) is 8.03. The largest absolute Gasteiger partial charge is 0.854 e. The first-order chi connectivity index (χ1) is 6.02. The lowest BCUT2D eigenvalue weighted by molar-refractivity contribution is -0.213. The Morgan fingerprint density at radius 1 is 1.31 bits per heavy atom. The minimum atomic E-state index is -0.108. The molecule has 0 aromatic heterocycles. The fraction of sp³-hybridized carbons (Fsp3) is 0.300. The minimum Gasteiger partial charge on any atom is -0.854 e. The Morgan fingerprint density at radius 2 is 2.00 bits per heavy atom. The van der Waals surface area contributed by atoms with Crippen LogP contribution in [0.1, 0.15) is 11.1 Å². The van der Waals surface area contributed by atoms with Crippen LogP contribution in [-0.2, 0) is 0 Å². The summed E-state index contributed by atoms with van der Waals surface area (Å²) in [4.78, 5) is 0. The Hall–Kier alpha value is -1.35. The van der Waals surface area contributed by atoms with Crippen molar-refractivity contribution in [1.82, 2.24) is 4.59 Å². The fourth-order valence-corrected chi connectivity index (χ4v) is 1.89. The van der Waals surface area contributed by atoms with Crippen LogP contribution in [0.15, 0.2) is 23.3 Å². The van der Waals surface area contributed by atoms with Gasteiger partial charge in [-0.25, -0.2) is 0 Å². The van der Waals surface area contributed by atoms with Crippen molar-refractivity contribution >= 4 is 11.6 Å². The molecule has 3 heteroatoms. The molecule has 0 atom stereocenters. The second-order valence-corrected chi connectivity index (χ2v) is 3.77. The first-order valence-electron chi connectivity index (χ1n) is 4.24. The number of quaternary nitrogens is 1. The number of para-hydroxylation sites is 1. The van der Waals surface area contributed by atoms with Crippen molar-refractivity contribution < 1.29 is 5.11 Å². The molecule has 0 amide bonds. The average molecular weight is 176 g/mol. The molecule has 0 bridgehead atoms. The molecule has 1 heterocycles. The average Bonchev–Trinajstić information content (AvgIpc) is 2.24. The van der Waals surface area contributed by atoms with Crippen LogP contribution < -0.4 is 9.70 Å². The predicted octanol–water partition coefficient (Wildman–Crippen LogP) is 0.597. The summed E-state index contributed by atoms with van der Waals surface area (Å²) < 4.78 is 0.320. The van der Waals surface area contributed by atoms with Gasteiger partial charge in [-0.15, -0.1) is 0 Å². The van der Waals surface area contributed by atoms with Gasteiger partial charge in [-0.1, -0.05) is 17.2 Å². The highest BCUT2D eigenvalue weighted by Crippen LogP contribution is 2.33. The molecule has 0 unspecified atom stereocenters. The van der Waals surface area contributed by atoms with Crippen molar-refractivity contribution in [3.8, 4) is 0 Å². The highest BCUT2D eigenvalue weighted by atomic mass is 16.3. The highest BCUT2D eigenvalue weighted by molar-refractivity contribution is 6.00. The van der Waals surface area contributed by atoms with Crippen LogP contribution in [0.25, 0.3) is 0 Å². The van der Waals surface area contributed by atoms with E-state index in [-0.39, 0.29) is 5.90 Å². The number of rotatable bonds is 0. The molecule has 0 aliphatic carbocycles. The van der Waals surface area contributed by atoms with Gasteiger partial charge >= 0.3 is 0 Å². The lowest BCUT2D eigenvalue weighted by Crippen LogP contribution is -2.32.